The quantitative estimate of drug-likeness (QED) is 0.709. The Morgan fingerprint density at radius 3 is 2.89 bits per heavy atom. The molecule has 1 aliphatic heterocycles. The van der Waals surface area contributed by atoms with E-state index in [0.717, 1.165) is 52.1 Å². The van der Waals surface area contributed by atoms with E-state index < -0.39 is 5.54 Å². The molecule has 1 N–H and O–H groups in total. The molecule has 0 bridgehead atoms. The van der Waals surface area contributed by atoms with Crippen LogP contribution in [0, 0.1) is 0 Å². The molecule has 1 aliphatic rings. The fraction of sp³-hybridized carbons (Fsp3) is 0.923. The SMILES string of the molecule is CNC(C)(CCCN1CCCOCC1)C(=O)OC. The molecule has 1 unspecified atom stereocenters. The van der Waals surface area contributed by atoms with Crippen LogP contribution in [-0.4, -0.2) is 63.4 Å². The van der Waals surface area contributed by atoms with Gasteiger partial charge in [0.25, 0.3) is 0 Å². The number of carbonyl (C=O) groups excluding carboxylic acids is 1. The number of ether oxygens (including phenoxy) is 2. The first-order valence-electron chi connectivity index (χ1n) is 6.70. The number of carbonyl (C=O) groups is 1. The van der Waals surface area contributed by atoms with Gasteiger partial charge >= 0.3 is 5.97 Å². The van der Waals surface area contributed by atoms with E-state index in [2.05, 4.69) is 10.2 Å². The highest BCUT2D eigenvalue weighted by molar-refractivity contribution is 5.80. The zero-order valence-electron chi connectivity index (χ0n) is 11.8. The number of hydrogen-bond donors (Lipinski definition) is 1. The number of rotatable bonds is 6. The van der Waals surface area contributed by atoms with Crippen molar-refractivity contribution >= 4 is 5.97 Å². The normalized spacial score (nSPS) is 21.1. The van der Waals surface area contributed by atoms with Gasteiger partial charge in [-0.15, -0.1) is 0 Å². The average molecular weight is 258 g/mol. The zero-order chi connectivity index (χ0) is 13.4. The molecule has 106 valence electrons. The summed E-state index contributed by atoms with van der Waals surface area (Å²) in [4.78, 5) is 14.1. The fourth-order valence-corrected chi connectivity index (χ4v) is 2.23. The molecule has 0 aromatic rings. The first-order valence-corrected chi connectivity index (χ1v) is 6.70. The molecule has 18 heavy (non-hydrogen) atoms. The maximum Gasteiger partial charge on any atom is 0.325 e. The van der Waals surface area contributed by atoms with E-state index in [1.807, 2.05) is 6.92 Å². The maximum absolute atomic E-state index is 11.7. The molecule has 1 atom stereocenters. The fourth-order valence-electron chi connectivity index (χ4n) is 2.23. The molecular formula is C13H26N2O3. The monoisotopic (exact) mass is 258 g/mol. The van der Waals surface area contributed by atoms with Crippen LogP contribution in [0.3, 0.4) is 0 Å². The van der Waals surface area contributed by atoms with Crippen LogP contribution in [-0.2, 0) is 14.3 Å². The van der Waals surface area contributed by atoms with Crippen molar-refractivity contribution in [1.82, 2.24) is 10.2 Å². The van der Waals surface area contributed by atoms with Crippen molar-refractivity contribution in [2.75, 3.05) is 47.0 Å². The Balaban J connectivity index is 2.32. The predicted octanol–water partition coefficient (Wildman–Crippen LogP) is 0.640. The van der Waals surface area contributed by atoms with Crippen LogP contribution in [0.1, 0.15) is 26.2 Å². The number of likely N-dealkylation sites (N-methyl/N-ethyl adjacent to an activating group) is 1. The van der Waals surface area contributed by atoms with E-state index >= 15 is 0 Å². The Morgan fingerprint density at radius 1 is 1.44 bits per heavy atom. The molecule has 1 rings (SSSR count). The summed E-state index contributed by atoms with van der Waals surface area (Å²) >= 11 is 0. The number of methoxy groups -OCH3 is 1. The lowest BCUT2D eigenvalue weighted by atomic mass is 9.96. The topological polar surface area (TPSA) is 50.8 Å². The predicted molar refractivity (Wildman–Crippen MR) is 70.6 cm³/mol. The van der Waals surface area contributed by atoms with Gasteiger partial charge in [0.2, 0.25) is 0 Å². The molecule has 1 heterocycles. The van der Waals surface area contributed by atoms with Gasteiger partial charge in [-0.1, -0.05) is 0 Å². The zero-order valence-corrected chi connectivity index (χ0v) is 11.8. The van der Waals surface area contributed by atoms with Gasteiger partial charge in [-0.3, -0.25) is 4.79 Å². The summed E-state index contributed by atoms with van der Waals surface area (Å²) in [6, 6.07) is 0. The third kappa shape index (κ3) is 4.55. The molecule has 1 saturated heterocycles. The number of hydrogen-bond acceptors (Lipinski definition) is 5. The van der Waals surface area contributed by atoms with Crippen LogP contribution >= 0.6 is 0 Å². The second-order valence-electron chi connectivity index (χ2n) is 4.98. The van der Waals surface area contributed by atoms with Crippen LogP contribution in [0.2, 0.25) is 0 Å². The molecule has 0 aliphatic carbocycles. The Bertz CT molecular complexity index is 253. The molecule has 0 saturated carbocycles. The summed E-state index contributed by atoms with van der Waals surface area (Å²) in [5, 5.41) is 3.06. The first-order chi connectivity index (χ1) is 8.62. The van der Waals surface area contributed by atoms with Crippen molar-refractivity contribution in [3.63, 3.8) is 0 Å². The second kappa shape index (κ2) is 7.71. The Hall–Kier alpha value is -0.650. The summed E-state index contributed by atoms with van der Waals surface area (Å²) in [7, 11) is 3.24. The van der Waals surface area contributed by atoms with Crippen molar-refractivity contribution in [3.8, 4) is 0 Å². The Labute approximate surface area is 110 Å². The largest absolute Gasteiger partial charge is 0.468 e. The van der Waals surface area contributed by atoms with Crippen molar-refractivity contribution < 1.29 is 14.3 Å². The average Bonchev–Trinajstić information content (AvgIpc) is 2.66. The van der Waals surface area contributed by atoms with E-state index in [0.29, 0.717) is 0 Å². The summed E-state index contributed by atoms with van der Waals surface area (Å²) in [5.41, 5.74) is -0.572. The molecule has 1 fully saturated rings. The molecule has 0 spiro atoms. The van der Waals surface area contributed by atoms with Crippen LogP contribution in [0.5, 0.6) is 0 Å². The minimum absolute atomic E-state index is 0.191. The lowest BCUT2D eigenvalue weighted by Crippen LogP contribution is -2.48. The van der Waals surface area contributed by atoms with Crippen molar-refractivity contribution in [2.45, 2.75) is 31.7 Å². The Kier molecular flexibility index (Phi) is 6.60. The molecule has 0 aromatic heterocycles. The first kappa shape index (κ1) is 15.4. The molecule has 0 amide bonds. The third-order valence-electron chi connectivity index (χ3n) is 3.65. The minimum Gasteiger partial charge on any atom is -0.468 e. The number of nitrogens with zero attached hydrogens (tertiary/aromatic N) is 1. The molecular weight excluding hydrogens is 232 g/mol. The van der Waals surface area contributed by atoms with E-state index in [1.165, 1.54) is 7.11 Å². The van der Waals surface area contributed by atoms with Crippen molar-refractivity contribution in [1.29, 1.82) is 0 Å². The summed E-state index contributed by atoms with van der Waals surface area (Å²) in [6.07, 6.45) is 2.86. The summed E-state index contributed by atoms with van der Waals surface area (Å²) in [6.45, 7) is 6.68. The lowest BCUT2D eigenvalue weighted by Gasteiger charge is -2.27. The van der Waals surface area contributed by atoms with E-state index in [-0.39, 0.29) is 5.97 Å². The Morgan fingerprint density at radius 2 is 2.22 bits per heavy atom. The third-order valence-corrected chi connectivity index (χ3v) is 3.65. The van der Waals surface area contributed by atoms with Gasteiger partial charge in [0.15, 0.2) is 0 Å². The van der Waals surface area contributed by atoms with Crippen molar-refractivity contribution in [2.24, 2.45) is 0 Å². The number of esters is 1. The summed E-state index contributed by atoms with van der Waals surface area (Å²) in [5.74, 6) is -0.191. The highest BCUT2D eigenvalue weighted by Crippen LogP contribution is 2.14. The lowest BCUT2D eigenvalue weighted by molar-refractivity contribution is -0.148. The smallest absolute Gasteiger partial charge is 0.325 e. The van der Waals surface area contributed by atoms with Crippen LogP contribution in [0.15, 0.2) is 0 Å². The number of nitrogens with one attached hydrogen (secondary N) is 1. The van der Waals surface area contributed by atoms with Gasteiger partial charge < -0.3 is 19.7 Å². The van der Waals surface area contributed by atoms with Gasteiger partial charge in [-0.2, -0.15) is 0 Å². The van der Waals surface area contributed by atoms with E-state index in [9.17, 15) is 4.79 Å². The summed E-state index contributed by atoms with van der Waals surface area (Å²) < 4.78 is 10.3. The second-order valence-corrected chi connectivity index (χ2v) is 4.98. The molecule has 5 nitrogen and oxygen atoms in total. The molecule has 0 aromatic carbocycles. The maximum atomic E-state index is 11.7. The highest BCUT2D eigenvalue weighted by Gasteiger charge is 2.31. The van der Waals surface area contributed by atoms with Crippen LogP contribution < -0.4 is 5.32 Å². The van der Waals surface area contributed by atoms with Gasteiger partial charge in [0.1, 0.15) is 5.54 Å². The van der Waals surface area contributed by atoms with Gasteiger partial charge in [-0.05, 0) is 39.8 Å². The molecule has 0 radical (unpaired) electrons. The molecule has 5 heteroatoms. The van der Waals surface area contributed by atoms with E-state index in [1.54, 1.807) is 7.05 Å². The van der Waals surface area contributed by atoms with Crippen molar-refractivity contribution in [3.05, 3.63) is 0 Å². The van der Waals surface area contributed by atoms with E-state index in [4.69, 9.17) is 9.47 Å². The van der Waals surface area contributed by atoms with Crippen LogP contribution in [0.4, 0.5) is 0 Å². The van der Waals surface area contributed by atoms with Gasteiger partial charge in [0, 0.05) is 19.7 Å². The van der Waals surface area contributed by atoms with Gasteiger partial charge in [0.05, 0.1) is 13.7 Å². The standard InChI is InChI=1S/C13H26N2O3/c1-13(14-2,12(16)17-3)6-4-7-15-8-5-10-18-11-9-15/h14H,4-11H2,1-3H3. The highest BCUT2D eigenvalue weighted by atomic mass is 16.5. The van der Waals surface area contributed by atoms with Crippen LogP contribution in [0.25, 0.3) is 0 Å². The van der Waals surface area contributed by atoms with Gasteiger partial charge in [-0.25, -0.2) is 0 Å². The minimum atomic E-state index is -0.572.